The molecule has 0 saturated carbocycles. The van der Waals surface area contributed by atoms with Crippen LogP contribution in [0.1, 0.15) is 5.56 Å². The van der Waals surface area contributed by atoms with Crippen LogP contribution in [0.5, 0.6) is 5.75 Å². The van der Waals surface area contributed by atoms with E-state index in [0.717, 1.165) is 12.1 Å². The molecule has 13 heteroatoms. The zero-order valence-electron chi connectivity index (χ0n) is 14.3. The number of hydrogen-bond acceptors (Lipinski definition) is 5. The van der Waals surface area contributed by atoms with Crippen LogP contribution in [0.4, 0.5) is 36.4 Å². The van der Waals surface area contributed by atoms with Gasteiger partial charge in [0.05, 0.1) is 16.1 Å². The van der Waals surface area contributed by atoms with Gasteiger partial charge in [-0.1, -0.05) is 0 Å². The Morgan fingerprint density at radius 3 is 2.13 bits per heavy atom. The van der Waals surface area contributed by atoms with Crippen LogP contribution in [0.2, 0.25) is 0 Å². The topological polar surface area (TPSA) is 79.2 Å². The molecule has 0 heterocycles. The standard InChI is InChI=1S/C17H9F7N2O3S/c18-14-6-1-10(16(19,20)21)7-15(14)26-9-13(8-25)30(27,28)12-4-2-11(3-5-12)29-17(22,23)24/h1-7,9,26H/b13-9-. The summed E-state index contributed by atoms with van der Waals surface area (Å²) in [6, 6.07) is 5.46. The SMILES string of the molecule is N#C/C(=C/Nc1cc(C(F)(F)F)ccc1F)S(=O)(=O)c1ccc(OC(F)(F)F)cc1. The Morgan fingerprint density at radius 1 is 1.03 bits per heavy atom. The first-order valence-corrected chi connectivity index (χ1v) is 9.07. The van der Waals surface area contributed by atoms with Crippen molar-refractivity contribution in [1.29, 1.82) is 5.26 Å². The molecule has 0 bridgehead atoms. The molecule has 2 aromatic rings. The van der Waals surface area contributed by atoms with E-state index in [1.165, 1.54) is 6.07 Å². The Labute approximate surface area is 164 Å². The summed E-state index contributed by atoms with van der Waals surface area (Å²) in [6.07, 6.45) is -9.33. The molecule has 1 N–H and O–H groups in total. The summed E-state index contributed by atoms with van der Waals surface area (Å²) in [7, 11) is -4.58. The smallest absolute Gasteiger partial charge is 0.406 e. The van der Waals surface area contributed by atoms with Gasteiger partial charge in [-0.05, 0) is 42.5 Å². The number of alkyl halides is 6. The van der Waals surface area contributed by atoms with Crippen LogP contribution >= 0.6 is 0 Å². The minimum atomic E-state index is -5.00. The summed E-state index contributed by atoms with van der Waals surface area (Å²) >= 11 is 0. The highest BCUT2D eigenvalue weighted by Crippen LogP contribution is 2.32. The van der Waals surface area contributed by atoms with Gasteiger partial charge in [-0.2, -0.15) is 18.4 Å². The molecule has 30 heavy (non-hydrogen) atoms. The predicted molar refractivity (Wildman–Crippen MR) is 89.0 cm³/mol. The first kappa shape index (κ1) is 23.0. The van der Waals surface area contributed by atoms with Gasteiger partial charge in [0, 0.05) is 6.20 Å². The van der Waals surface area contributed by atoms with Gasteiger partial charge < -0.3 is 10.1 Å². The largest absolute Gasteiger partial charge is 0.573 e. The van der Waals surface area contributed by atoms with E-state index in [0.29, 0.717) is 36.5 Å². The van der Waals surface area contributed by atoms with Gasteiger partial charge in [0.25, 0.3) is 0 Å². The number of halogens is 7. The van der Waals surface area contributed by atoms with E-state index in [4.69, 9.17) is 5.26 Å². The fraction of sp³-hybridized carbons (Fsp3) is 0.118. The molecular weight excluding hydrogens is 445 g/mol. The molecule has 0 spiro atoms. The second-order valence-electron chi connectivity index (χ2n) is 5.48. The second-order valence-corrected chi connectivity index (χ2v) is 7.40. The van der Waals surface area contributed by atoms with E-state index in [-0.39, 0.29) is 0 Å². The van der Waals surface area contributed by atoms with Gasteiger partial charge in [0.2, 0.25) is 9.84 Å². The molecule has 0 atom stereocenters. The first-order valence-electron chi connectivity index (χ1n) is 7.58. The highest BCUT2D eigenvalue weighted by Gasteiger charge is 2.32. The molecule has 2 rings (SSSR count). The molecule has 0 radical (unpaired) electrons. The Kier molecular flexibility index (Phi) is 6.31. The number of hydrogen-bond donors (Lipinski definition) is 1. The lowest BCUT2D eigenvalue weighted by Gasteiger charge is -2.11. The van der Waals surface area contributed by atoms with Gasteiger partial charge in [0.15, 0.2) is 4.91 Å². The summed E-state index contributed by atoms with van der Waals surface area (Å²) in [4.78, 5) is -1.63. The zero-order valence-corrected chi connectivity index (χ0v) is 15.2. The van der Waals surface area contributed by atoms with Crippen molar-refractivity contribution in [2.45, 2.75) is 17.4 Å². The van der Waals surface area contributed by atoms with Gasteiger partial charge in [-0.3, -0.25) is 0 Å². The Morgan fingerprint density at radius 2 is 1.63 bits per heavy atom. The van der Waals surface area contributed by atoms with Crippen molar-refractivity contribution in [2.75, 3.05) is 5.32 Å². The molecule has 0 aliphatic carbocycles. The molecule has 0 saturated heterocycles. The number of allylic oxidation sites excluding steroid dienone is 1. The van der Waals surface area contributed by atoms with Gasteiger partial charge in [-0.15, -0.1) is 13.2 Å². The van der Waals surface area contributed by atoms with Crippen molar-refractivity contribution in [3.05, 3.63) is 65.0 Å². The average Bonchev–Trinajstić information content (AvgIpc) is 2.61. The van der Waals surface area contributed by atoms with Crippen molar-refractivity contribution in [3.63, 3.8) is 0 Å². The molecule has 0 aromatic heterocycles. The van der Waals surface area contributed by atoms with Crippen molar-refractivity contribution in [2.24, 2.45) is 0 Å². The molecule has 0 amide bonds. The summed E-state index contributed by atoms with van der Waals surface area (Å²) in [6.45, 7) is 0. The fourth-order valence-corrected chi connectivity index (χ4v) is 3.16. The second kappa shape index (κ2) is 8.23. The number of nitriles is 1. The molecule has 0 fully saturated rings. The third-order valence-electron chi connectivity index (χ3n) is 3.42. The lowest BCUT2D eigenvalue weighted by atomic mass is 10.2. The number of ether oxygens (including phenoxy) is 1. The summed E-state index contributed by atoms with van der Waals surface area (Å²) in [5.74, 6) is -1.87. The predicted octanol–water partition coefficient (Wildman–Crippen LogP) is 4.99. The van der Waals surface area contributed by atoms with Crippen LogP contribution in [0.25, 0.3) is 0 Å². The molecule has 0 aliphatic heterocycles. The van der Waals surface area contributed by atoms with Crippen LogP contribution in [-0.4, -0.2) is 14.8 Å². The van der Waals surface area contributed by atoms with Crippen molar-refractivity contribution in [3.8, 4) is 11.8 Å². The van der Waals surface area contributed by atoms with E-state index in [1.54, 1.807) is 0 Å². The Bertz CT molecular complexity index is 1100. The number of rotatable bonds is 5. The first-order chi connectivity index (χ1) is 13.7. The molecule has 160 valence electrons. The molecule has 0 unspecified atom stereocenters. The lowest BCUT2D eigenvalue weighted by Crippen LogP contribution is -2.17. The zero-order chi connectivity index (χ0) is 22.7. The molecular formula is C17H9F7N2O3S. The molecule has 0 aliphatic rings. The highest BCUT2D eigenvalue weighted by atomic mass is 32.2. The summed E-state index contributed by atoms with van der Waals surface area (Å²) in [5, 5.41) is 11.1. The average molecular weight is 454 g/mol. The van der Waals surface area contributed by atoms with E-state index >= 15 is 0 Å². The Hall–Kier alpha value is -3.27. The van der Waals surface area contributed by atoms with Gasteiger partial charge >= 0.3 is 12.5 Å². The monoisotopic (exact) mass is 454 g/mol. The van der Waals surface area contributed by atoms with Crippen molar-refractivity contribution in [1.82, 2.24) is 0 Å². The summed E-state index contributed by atoms with van der Waals surface area (Å²) < 4.78 is 117. The highest BCUT2D eigenvalue weighted by molar-refractivity contribution is 7.95. The van der Waals surface area contributed by atoms with E-state index in [1.807, 2.05) is 5.32 Å². The maximum Gasteiger partial charge on any atom is 0.573 e. The van der Waals surface area contributed by atoms with Gasteiger partial charge in [0.1, 0.15) is 17.6 Å². The number of benzene rings is 2. The van der Waals surface area contributed by atoms with E-state index < -0.39 is 55.0 Å². The number of nitrogens with zero attached hydrogens (tertiary/aromatic N) is 1. The number of sulfone groups is 1. The minimum absolute atomic E-state index is 0.372. The lowest BCUT2D eigenvalue weighted by molar-refractivity contribution is -0.274. The molecule has 5 nitrogen and oxygen atoms in total. The van der Waals surface area contributed by atoms with Gasteiger partial charge in [-0.25, -0.2) is 12.8 Å². The van der Waals surface area contributed by atoms with Crippen LogP contribution in [-0.2, 0) is 16.0 Å². The number of anilines is 1. The van der Waals surface area contributed by atoms with Crippen LogP contribution in [0, 0.1) is 17.1 Å². The quantitative estimate of drug-likeness (QED) is 0.509. The van der Waals surface area contributed by atoms with Crippen LogP contribution in [0.15, 0.2) is 58.5 Å². The maximum absolute atomic E-state index is 13.7. The number of nitrogens with one attached hydrogen (secondary N) is 1. The third kappa shape index (κ3) is 5.63. The van der Waals surface area contributed by atoms with E-state index in [9.17, 15) is 39.2 Å². The van der Waals surface area contributed by atoms with Crippen LogP contribution < -0.4 is 10.1 Å². The minimum Gasteiger partial charge on any atom is -0.406 e. The Balaban J connectivity index is 2.33. The molecule has 2 aromatic carbocycles. The fourth-order valence-electron chi connectivity index (χ4n) is 2.07. The maximum atomic E-state index is 13.7. The van der Waals surface area contributed by atoms with E-state index in [2.05, 4.69) is 4.74 Å². The van der Waals surface area contributed by atoms with Crippen molar-refractivity contribution < 1.29 is 43.9 Å². The summed E-state index contributed by atoms with van der Waals surface area (Å²) in [5.41, 5.74) is -1.97. The van der Waals surface area contributed by atoms with Crippen LogP contribution in [0.3, 0.4) is 0 Å². The van der Waals surface area contributed by atoms with Crippen molar-refractivity contribution >= 4 is 15.5 Å². The normalized spacial score (nSPS) is 12.9. The third-order valence-corrected chi connectivity index (χ3v) is 5.10.